The lowest BCUT2D eigenvalue weighted by Gasteiger charge is -2.18. The van der Waals surface area contributed by atoms with E-state index in [0.29, 0.717) is 22.9 Å². The standard InChI is InChI=1S/C16H20N2O4S/c1-9(2)10(3)17-14(19)7-22-16(21)11-4-5-13-12(6-11)18-15(20)8-23-13/h4-6,9-10H,7-8H2,1-3H3,(H,17,19)(H,18,20)/t10-/m0/s1. The summed E-state index contributed by atoms with van der Waals surface area (Å²) in [5.41, 5.74) is 0.898. The predicted molar refractivity (Wildman–Crippen MR) is 88.5 cm³/mol. The van der Waals surface area contributed by atoms with Crippen molar-refractivity contribution in [3.05, 3.63) is 23.8 Å². The van der Waals surface area contributed by atoms with Crippen LogP contribution < -0.4 is 10.6 Å². The SMILES string of the molecule is CC(C)[C@H](C)NC(=O)COC(=O)c1ccc2c(c1)NC(=O)CS2. The summed E-state index contributed by atoms with van der Waals surface area (Å²) in [6.45, 7) is 5.56. The summed E-state index contributed by atoms with van der Waals surface area (Å²) in [5, 5.41) is 5.48. The molecule has 6 nitrogen and oxygen atoms in total. The molecule has 0 aromatic heterocycles. The van der Waals surface area contributed by atoms with Crippen molar-refractivity contribution in [2.24, 2.45) is 5.92 Å². The molecule has 1 aliphatic rings. The van der Waals surface area contributed by atoms with Gasteiger partial charge in [-0.25, -0.2) is 4.79 Å². The Morgan fingerprint density at radius 3 is 2.78 bits per heavy atom. The maximum absolute atomic E-state index is 12.0. The number of ether oxygens (including phenoxy) is 1. The summed E-state index contributed by atoms with van der Waals surface area (Å²) in [5.74, 6) is -0.358. The van der Waals surface area contributed by atoms with Crippen LogP contribution in [0.1, 0.15) is 31.1 Å². The topological polar surface area (TPSA) is 84.5 Å². The number of amides is 2. The Hall–Kier alpha value is -2.02. The number of carbonyl (C=O) groups is 3. The fourth-order valence-electron chi connectivity index (χ4n) is 1.89. The summed E-state index contributed by atoms with van der Waals surface area (Å²) >= 11 is 1.42. The third-order valence-electron chi connectivity index (χ3n) is 3.57. The molecule has 2 N–H and O–H groups in total. The molecular formula is C16H20N2O4S. The average Bonchev–Trinajstić information content (AvgIpc) is 2.51. The number of thioether (sulfide) groups is 1. The van der Waals surface area contributed by atoms with Crippen LogP contribution in [-0.4, -0.2) is 36.2 Å². The first-order valence-corrected chi connectivity index (χ1v) is 8.38. The van der Waals surface area contributed by atoms with Crippen molar-refractivity contribution in [2.75, 3.05) is 17.7 Å². The minimum atomic E-state index is -0.593. The first kappa shape index (κ1) is 17.3. The summed E-state index contributed by atoms with van der Waals surface area (Å²) in [4.78, 5) is 36.0. The van der Waals surface area contributed by atoms with E-state index in [4.69, 9.17) is 4.74 Å². The summed E-state index contributed by atoms with van der Waals surface area (Å²) in [7, 11) is 0. The maximum Gasteiger partial charge on any atom is 0.338 e. The predicted octanol–water partition coefficient (Wildman–Crippen LogP) is 2.05. The van der Waals surface area contributed by atoms with Gasteiger partial charge < -0.3 is 15.4 Å². The Labute approximate surface area is 139 Å². The van der Waals surface area contributed by atoms with Gasteiger partial charge in [0.1, 0.15) is 0 Å². The van der Waals surface area contributed by atoms with Gasteiger partial charge in [-0.1, -0.05) is 13.8 Å². The molecule has 1 atom stereocenters. The van der Waals surface area contributed by atoms with Gasteiger partial charge in [-0.05, 0) is 31.0 Å². The van der Waals surface area contributed by atoms with Crippen LogP contribution in [0.25, 0.3) is 0 Å². The van der Waals surface area contributed by atoms with Crippen LogP contribution in [0, 0.1) is 5.92 Å². The molecule has 1 aromatic rings. The number of anilines is 1. The number of benzene rings is 1. The minimum Gasteiger partial charge on any atom is -0.452 e. The van der Waals surface area contributed by atoms with E-state index in [-0.39, 0.29) is 24.5 Å². The Morgan fingerprint density at radius 2 is 2.09 bits per heavy atom. The molecule has 0 radical (unpaired) electrons. The zero-order valence-electron chi connectivity index (χ0n) is 13.3. The first-order chi connectivity index (χ1) is 10.9. The Bertz CT molecular complexity index is 631. The highest BCUT2D eigenvalue weighted by Gasteiger charge is 2.19. The Balaban J connectivity index is 1.92. The van der Waals surface area contributed by atoms with Crippen LogP contribution in [-0.2, 0) is 14.3 Å². The number of hydrogen-bond donors (Lipinski definition) is 2. The van der Waals surface area contributed by atoms with Crippen LogP contribution in [0.4, 0.5) is 5.69 Å². The van der Waals surface area contributed by atoms with Crippen LogP contribution in [0.3, 0.4) is 0 Å². The number of esters is 1. The van der Waals surface area contributed by atoms with Gasteiger partial charge in [0.05, 0.1) is 17.0 Å². The van der Waals surface area contributed by atoms with Gasteiger partial charge >= 0.3 is 5.97 Å². The lowest BCUT2D eigenvalue weighted by molar-refractivity contribution is -0.125. The lowest BCUT2D eigenvalue weighted by Crippen LogP contribution is -2.38. The molecule has 0 spiro atoms. The number of fused-ring (bicyclic) bond motifs is 1. The van der Waals surface area contributed by atoms with Crippen LogP contribution >= 0.6 is 11.8 Å². The smallest absolute Gasteiger partial charge is 0.338 e. The van der Waals surface area contributed by atoms with Gasteiger partial charge in [0, 0.05) is 10.9 Å². The van der Waals surface area contributed by atoms with Crippen molar-refractivity contribution in [3.63, 3.8) is 0 Å². The molecule has 2 rings (SSSR count). The molecule has 23 heavy (non-hydrogen) atoms. The van der Waals surface area contributed by atoms with Gasteiger partial charge in [0.2, 0.25) is 5.91 Å². The van der Waals surface area contributed by atoms with Crippen molar-refractivity contribution < 1.29 is 19.1 Å². The number of hydrogen-bond acceptors (Lipinski definition) is 5. The molecule has 0 bridgehead atoms. The lowest BCUT2D eigenvalue weighted by atomic mass is 10.1. The van der Waals surface area contributed by atoms with Gasteiger partial charge in [-0.3, -0.25) is 9.59 Å². The molecular weight excluding hydrogens is 316 g/mol. The molecule has 0 aliphatic carbocycles. The van der Waals surface area contributed by atoms with E-state index in [1.54, 1.807) is 18.2 Å². The van der Waals surface area contributed by atoms with Crippen molar-refractivity contribution in [3.8, 4) is 0 Å². The third kappa shape index (κ3) is 4.72. The summed E-state index contributed by atoms with van der Waals surface area (Å²) in [6.07, 6.45) is 0. The van der Waals surface area contributed by atoms with Gasteiger partial charge in [0.15, 0.2) is 6.61 Å². The quantitative estimate of drug-likeness (QED) is 0.804. The number of rotatable bonds is 5. The average molecular weight is 336 g/mol. The van der Waals surface area contributed by atoms with E-state index in [2.05, 4.69) is 10.6 Å². The van der Waals surface area contributed by atoms with E-state index < -0.39 is 5.97 Å². The van der Waals surface area contributed by atoms with E-state index in [9.17, 15) is 14.4 Å². The van der Waals surface area contributed by atoms with E-state index >= 15 is 0 Å². The molecule has 0 saturated heterocycles. The van der Waals surface area contributed by atoms with Gasteiger partial charge in [-0.2, -0.15) is 0 Å². The molecule has 2 amide bonds. The van der Waals surface area contributed by atoms with Gasteiger partial charge in [0.25, 0.3) is 5.91 Å². The minimum absolute atomic E-state index is 0.0113. The van der Waals surface area contributed by atoms with Crippen LogP contribution in [0.5, 0.6) is 0 Å². The van der Waals surface area contributed by atoms with Crippen molar-refractivity contribution in [1.82, 2.24) is 5.32 Å². The highest BCUT2D eigenvalue weighted by molar-refractivity contribution is 8.00. The highest BCUT2D eigenvalue weighted by atomic mass is 32.2. The normalized spacial score (nSPS) is 14.7. The zero-order valence-corrected chi connectivity index (χ0v) is 14.2. The second-order valence-corrected chi connectivity index (χ2v) is 6.74. The van der Waals surface area contributed by atoms with Crippen LogP contribution in [0.2, 0.25) is 0 Å². The largest absolute Gasteiger partial charge is 0.452 e. The monoisotopic (exact) mass is 336 g/mol. The van der Waals surface area contributed by atoms with E-state index in [1.165, 1.54) is 11.8 Å². The number of nitrogens with one attached hydrogen (secondary N) is 2. The number of carbonyl (C=O) groups excluding carboxylic acids is 3. The molecule has 0 saturated carbocycles. The van der Waals surface area contributed by atoms with Crippen molar-refractivity contribution in [2.45, 2.75) is 31.7 Å². The van der Waals surface area contributed by atoms with Crippen molar-refractivity contribution >= 4 is 35.2 Å². The molecule has 124 valence electrons. The van der Waals surface area contributed by atoms with Gasteiger partial charge in [-0.15, -0.1) is 11.8 Å². The summed E-state index contributed by atoms with van der Waals surface area (Å²) < 4.78 is 5.02. The molecule has 0 unspecified atom stereocenters. The Kier molecular flexibility index (Phi) is 5.65. The molecule has 1 aromatic carbocycles. The molecule has 7 heteroatoms. The van der Waals surface area contributed by atoms with Crippen LogP contribution in [0.15, 0.2) is 23.1 Å². The van der Waals surface area contributed by atoms with E-state index in [0.717, 1.165) is 4.90 Å². The fourth-order valence-corrected chi connectivity index (χ4v) is 2.68. The maximum atomic E-state index is 12.0. The zero-order chi connectivity index (χ0) is 17.0. The molecule has 1 aliphatic heterocycles. The second kappa shape index (κ2) is 7.50. The first-order valence-electron chi connectivity index (χ1n) is 7.40. The summed E-state index contributed by atoms with van der Waals surface area (Å²) in [6, 6.07) is 4.96. The Morgan fingerprint density at radius 1 is 1.35 bits per heavy atom. The van der Waals surface area contributed by atoms with Crippen molar-refractivity contribution in [1.29, 1.82) is 0 Å². The van der Waals surface area contributed by atoms with E-state index in [1.807, 2.05) is 20.8 Å². The highest BCUT2D eigenvalue weighted by Crippen LogP contribution is 2.32. The third-order valence-corrected chi connectivity index (χ3v) is 4.64. The fraction of sp³-hybridized carbons (Fsp3) is 0.438. The second-order valence-electron chi connectivity index (χ2n) is 5.72. The molecule has 1 heterocycles. The molecule has 0 fully saturated rings.